The van der Waals surface area contributed by atoms with Crippen LogP contribution in [0.25, 0.3) is 0 Å². The van der Waals surface area contributed by atoms with E-state index in [4.69, 9.17) is 0 Å². The van der Waals surface area contributed by atoms with Gasteiger partial charge in [0.05, 0.1) is 10.6 Å². The molecule has 9 heavy (non-hydrogen) atoms. The minimum Gasteiger partial charge on any atom is -0.216 e. The maximum atomic E-state index is 4.11. The van der Waals surface area contributed by atoms with Gasteiger partial charge in [0.15, 0.2) is 0 Å². The number of fused-ring (bicyclic) bond motifs is 1. The van der Waals surface area contributed by atoms with Crippen LogP contribution in [-0.4, -0.2) is 18.6 Å². The van der Waals surface area contributed by atoms with Crippen LogP contribution in [0.2, 0.25) is 0 Å². The van der Waals surface area contributed by atoms with Gasteiger partial charge in [0.25, 0.3) is 0 Å². The Morgan fingerprint density at radius 3 is 3.44 bits per heavy atom. The number of rotatable bonds is 0. The fourth-order valence-corrected chi connectivity index (χ4v) is 0.934. The van der Waals surface area contributed by atoms with Crippen LogP contribution in [0.4, 0.5) is 0 Å². The minimum atomic E-state index is 0.0787. The van der Waals surface area contributed by atoms with E-state index in [1.54, 1.807) is 12.4 Å². The van der Waals surface area contributed by atoms with Gasteiger partial charge in [0.1, 0.15) is 0 Å². The second kappa shape index (κ2) is 1.65. The van der Waals surface area contributed by atoms with E-state index < -0.39 is 0 Å². The van der Waals surface area contributed by atoms with Crippen LogP contribution in [0.3, 0.4) is 0 Å². The first-order valence-electron chi connectivity index (χ1n) is 2.90. The molecule has 2 heteroatoms. The monoisotopic (exact) mass is 118 g/mol. The Morgan fingerprint density at radius 1 is 1.56 bits per heavy atom. The molecule has 0 aliphatic carbocycles. The van der Waals surface area contributed by atoms with Crippen LogP contribution in [0, 0.1) is 0 Å². The SMILES string of the molecule is C1=CC2=CC=NC2[N+]=C1. The van der Waals surface area contributed by atoms with Gasteiger partial charge in [-0.1, -0.05) is 0 Å². The Kier molecular flexibility index (Phi) is 0.859. The summed E-state index contributed by atoms with van der Waals surface area (Å²) < 4.78 is 0. The average Bonchev–Trinajstić information content (AvgIpc) is 2.33. The van der Waals surface area contributed by atoms with E-state index in [1.807, 2.05) is 18.2 Å². The maximum absolute atomic E-state index is 4.11. The standard InChI is InChI=1S/C7H6N2/c1-2-6-3-5-9-7(6)8-4-1/h1-5,7H/q+1. The molecule has 2 rings (SSSR count). The van der Waals surface area contributed by atoms with Gasteiger partial charge < -0.3 is 0 Å². The summed E-state index contributed by atoms with van der Waals surface area (Å²) in [6.45, 7) is 0. The molecule has 1 atom stereocenters. The van der Waals surface area contributed by atoms with E-state index in [9.17, 15) is 0 Å². The molecule has 0 spiro atoms. The quantitative estimate of drug-likeness (QED) is 0.437. The lowest BCUT2D eigenvalue weighted by Gasteiger charge is -1.92. The van der Waals surface area contributed by atoms with Crippen molar-refractivity contribution < 1.29 is 0 Å². The molecule has 1 unspecified atom stereocenters. The maximum Gasteiger partial charge on any atom is 0.336 e. The van der Waals surface area contributed by atoms with Gasteiger partial charge in [-0.2, -0.15) is 0 Å². The van der Waals surface area contributed by atoms with Gasteiger partial charge in [-0.05, 0) is 12.2 Å². The fourth-order valence-electron chi connectivity index (χ4n) is 0.934. The lowest BCUT2D eigenvalue weighted by Crippen LogP contribution is -2.13. The van der Waals surface area contributed by atoms with Gasteiger partial charge >= 0.3 is 6.17 Å². The molecule has 2 nitrogen and oxygen atoms in total. The number of nitrogens with zero attached hydrogens (tertiary/aromatic N) is 2. The Bertz CT molecular complexity index is 233. The number of aliphatic imine (C=N–C) groups is 2. The van der Waals surface area contributed by atoms with Gasteiger partial charge in [0, 0.05) is 12.3 Å². The van der Waals surface area contributed by atoms with Crippen LogP contribution in [0.1, 0.15) is 0 Å². The third-order valence-corrected chi connectivity index (χ3v) is 1.39. The van der Waals surface area contributed by atoms with Gasteiger partial charge in [0.2, 0.25) is 6.21 Å². The minimum absolute atomic E-state index is 0.0787. The van der Waals surface area contributed by atoms with E-state index in [0.717, 1.165) is 0 Å². The Hall–Kier alpha value is -1.18. The van der Waals surface area contributed by atoms with Crippen molar-refractivity contribution in [3.8, 4) is 0 Å². The Morgan fingerprint density at radius 2 is 2.56 bits per heavy atom. The lowest BCUT2D eigenvalue weighted by molar-refractivity contribution is 0.790. The van der Waals surface area contributed by atoms with Crippen LogP contribution < -0.4 is 4.99 Å². The highest BCUT2D eigenvalue weighted by molar-refractivity contribution is 5.81. The molecule has 0 saturated heterocycles. The summed E-state index contributed by atoms with van der Waals surface area (Å²) in [4.78, 5) is 8.20. The van der Waals surface area contributed by atoms with Crippen molar-refractivity contribution in [2.75, 3.05) is 0 Å². The van der Waals surface area contributed by atoms with E-state index in [-0.39, 0.29) is 6.17 Å². The molecule has 0 amide bonds. The molecule has 0 aromatic rings. The third kappa shape index (κ3) is 0.633. The summed E-state index contributed by atoms with van der Waals surface area (Å²) in [6.07, 6.45) is 9.60. The van der Waals surface area contributed by atoms with E-state index >= 15 is 0 Å². The van der Waals surface area contributed by atoms with Crippen molar-refractivity contribution >= 4 is 12.4 Å². The Labute approximate surface area is 53.3 Å². The summed E-state index contributed by atoms with van der Waals surface area (Å²) in [5.41, 5.74) is 1.19. The van der Waals surface area contributed by atoms with Gasteiger partial charge in [-0.15, -0.1) is 0 Å². The number of hydrogen-bond donors (Lipinski definition) is 0. The van der Waals surface area contributed by atoms with E-state index in [1.165, 1.54) is 5.57 Å². The number of hydrogen-bond acceptors (Lipinski definition) is 2. The molecular weight excluding hydrogens is 112 g/mol. The number of dihydropyridines is 1. The van der Waals surface area contributed by atoms with Gasteiger partial charge in [-0.3, -0.25) is 0 Å². The van der Waals surface area contributed by atoms with Crippen LogP contribution >= 0.6 is 0 Å². The molecule has 0 N–H and O–H groups in total. The molecule has 0 aromatic carbocycles. The third-order valence-electron chi connectivity index (χ3n) is 1.39. The molecule has 2 aliphatic rings. The molecular formula is C7H6N2+. The zero-order valence-corrected chi connectivity index (χ0v) is 4.86. The molecule has 2 aliphatic heterocycles. The first kappa shape index (κ1) is 4.68. The zero-order valence-electron chi connectivity index (χ0n) is 4.86. The molecule has 1 radical (unpaired) electrons. The summed E-state index contributed by atoms with van der Waals surface area (Å²) >= 11 is 0. The first-order valence-corrected chi connectivity index (χ1v) is 2.90. The van der Waals surface area contributed by atoms with E-state index in [2.05, 4.69) is 9.98 Å². The van der Waals surface area contributed by atoms with Crippen molar-refractivity contribution in [1.29, 1.82) is 0 Å². The van der Waals surface area contributed by atoms with Crippen molar-refractivity contribution in [2.45, 2.75) is 6.17 Å². The van der Waals surface area contributed by atoms with Crippen molar-refractivity contribution in [1.82, 2.24) is 4.99 Å². The smallest absolute Gasteiger partial charge is 0.216 e. The Balaban J connectivity index is 2.40. The van der Waals surface area contributed by atoms with Gasteiger partial charge in [-0.25, -0.2) is 4.99 Å². The predicted molar refractivity (Wildman–Crippen MR) is 37.7 cm³/mol. The molecule has 0 fully saturated rings. The fraction of sp³-hybridized carbons (Fsp3) is 0.143. The summed E-state index contributed by atoms with van der Waals surface area (Å²) in [7, 11) is 0. The van der Waals surface area contributed by atoms with E-state index in [0.29, 0.717) is 0 Å². The first-order chi connectivity index (χ1) is 4.47. The van der Waals surface area contributed by atoms with Crippen LogP contribution in [0.15, 0.2) is 28.8 Å². The van der Waals surface area contributed by atoms with Crippen molar-refractivity contribution in [3.05, 3.63) is 23.8 Å². The highest BCUT2D eigenvalue weighted by Crippen LogP contribution is 2.11. The summed E-state index contributed by atoms with van der Waals surface area (Å²) in [6, 6.07) is 0. The molecule has 2 heterocycles. The second-order valence-electron chi connectivity index (χ2n) is 2.00. The zero-order chi connectivity index (χ0) is 6.10. The van der Waals surface area contributed by atoms with Crippen LogP contribution in [-0.2, 0) is 0 Å². The van der Waals surface area contributed by atoms with Crippen molar-refractivity contribution in [3.63, 3.8) is 0 Å². The molecule has 0 saturated carbocycles. The predicted octanol–water partition coefficient (Wildman–Crippen LogP) is 0.300. The average molecular weight is 118 g/mol. The van der Waals surface area contributed by atoms with Crippen molar-refractivity contribution in [2.24, 2.45) is 4.99 Å². The highest BCUT2D eigenvalue weighted by Gasteiger charge is 2.23. The molecule has 0 bridgehead atoms. The highest BCUT2D eigenvalue weighted by atomic mass is 15.0. The molecule has 43 valence electrons. The topological polar surface area (TPSA) is 26.5 Å². The largest absolute Gasteiger partial charge is 0.336 e. The summed E-state index contributed by atoms with van der Waals surface area (Å²) in [5, 5.41) is 0. The lowest BCUT2D eigenvalue weighted by atomic mass is 10.2. The second-order valence-corrected chi connectivity index (χ2v) is 2.00. The normalized spacial score (nSPS) is 28.4. The van der Waals surface area contributed by atoms with Crippen LogP contribution in [0.5, 0.6) is 0 Å². The summed E-state index contributed by atoms with van der Waals surface area (Å²) in [5.74, 6) is 0. The number of allylic oxidation sites excluding steroid dienone is 2. The molecule has 0 aromatic heterocycles.